The quantitative estimate of drug-likeness (QED) is 0.876. The van der Waals surface area contributed by atoms with Crippen molar-refractivity contribution in [2.24, 2.45) is 0 Å². The normalized spacial score (nSPS) is 10.2. The topological polar surface area (TPSA) is 84.2 Å². The maximum atomic E-state index is 11.8. The molecule has 2 N–H and O–H groups in total. The predicted octanol–water partition coefficient (Wildman–Crippen LogP) is 1.55. The second kappa shape index (κ2) is 6.21. The Labute approximate surface area is 120 Å². The van der Waals surface area contributed by atoms with Crippen molar-refractivity contribution in [1.82, 2.24) is 15.1 Å². The largest absolute Gasteiger partial charge is 0.477 e. The lowest BCUT2D eigenvalue weighted by atomic mass is 10.2. The number of hydrogen-bond donors (Lipinski definition) is 2. The molecule has 0 bridgehead atoms. The van der Waals surface area contributed by atoms with Gasteiger partial charge < -0.3 is 10.4 Å². The van der Waals surface area contributed by atoms with Crippen molar-refractivity contribution in [2.45, 2.75) is 13.1 Å². The zero-order chi connectivity index (χ0) is 14.5. The Balaban J connectivity index is 1.95. The number of nitrogens with one attached hydrogen (secondary N) is 1. The summed E-state index contributed by atoms with van der Waals surface area (Å²) in [6, 6.07) is 8.50. The van der Waals surface area contributed by atoms with Gasteiger partial charge in [0.2, 0.25) is 5.91 Å². The van der Waals surface area contributed by atoms with Gasteiger partial charge in [0, 0.05) is 17.8 Å². The Morgan fingerprint density at radius 3 is 2.75 bits per heavy atom. The number of hydrogen-bond acceptors (Lipinski definition) is 3. The highest BCUT2D eigenvalue weighted by atomic mass is 35.5. The van der Waals surface area contributed by atoms with Crippen LogP contribution in [0.2, 0.25) is 5.02 Å². The molecular formula is C13H12ClN3O3. The predicted molar refractivity (Wildman–Crippen MR) is 72.5 cm³/mol. The van der Waals surface area contributed by atoms with E-state index < -0.39 is 5.97 Å². The first-order chi connectivity index (χ1) is 9.58. The number of carboxylic acids is 1. The minimum Gasteiger partial charge on any atom is -0.477 e. The number of amides is 1. The summed E-state index contributed by atoms with van der Waals surface area (Å²) in [6.45, 7) is 0.126. The number of halogens is 1. The zero-order valence-corrected chi connectivity index (χ0v) is 11.2. The Morgan fingerprint density at radius 2 is 2.05 bits per heavy atom. The number of carboxylic acid groups (broad SMARTS) is 1. The van der Waals surface area contributed by atoms with Crippen LogP contribution in [0.3, 0.4) is 0 Å². The molecule has 1 amide bonds. The van der Waals surface area contributed by atoms with Crippen LogP contribution < -0.4 is 5.32 Å². The van der Waals surface area contributed by atoms with Crippen LogP contribution in [0.1, 0.15) is 16.1 Å². The van der Waals surface area contributed by atoms with Gasteiger partial charge in [0.1, 0.15) is 12.2 Å². The fraction of sp³-hybridized carbons (Fsp3) is 0.154. The molecule has 6 nitrogen and oxygen atoms in total. The molecule has 0 aliphatic heterocycles. The Morgan fingerprint density at radius 1 is 1.30 bits per heavy atom. The van der Waals surface area contributed by atoms with Gasteiger partial charge in [-0.15, -0.1) is 0 Å². The molecule has 2 rings (SSSR count). The highest BCUT2D eigenvalue weighted by Crippen LogP contribution is 2.14. The average Bonchev–Trinajstić information content (AvgIpc) is 2.86. The van der Waals surface area contributed by atoms with E-state index in [4.69, 9.17) is 16.7 Å². The Kier molecular flexibility index (Phi) is 4.37. The lowest BCUT2D eigenvalue weighted by molar-refractivity contribution is -0.122. The first-order valence-corrected chi connectivity index (χ1v) is 6.21. The summed E-state index contributed by atoms with van der Waals surface area (Å²) in [6.07, 6.45) is 1.34. The van der Waals surface area contributed by atoms with Crippen LogP contribution in [0.25, 0.3) is 0 Å². The van der Waals surface area contributed by atoms with Crippen molar-refractivity contribution in [3.05, 3.63) is 52.8 Å². The summed E-state index contributed by atoms with van der Waals surface area (Å²) < 4.78 is 1.13. The molecule has 0 saturated carbocycles. The van der Waals surface area contributed by atoms with Crippen LogP contribution in [0.4, 0.5) is 0 Å². The van der Waals surface area contributed by atoms with Gasteiger partial charge in [-0.05, 0) is 17.7 Å². The molecular weight excluding hydrogens is 282 g/mol. The summed E-state index contributed by atoms with van der Waals surface area (Å²) in [5, 5.41) is 15.9. The lowest BCUT2D eigenvalue weighted by Gasteiger charge is -2.08. The molecule has 20 heavy (non-hydrogen) atoms. The third kappa shape index (κ3) is 3.36. The number of carbonyl (C=O) groups is 2. The number of benzene rings is 1. The monoisotopic (exact) mass is 293 g/mol. The smallest absolute Gasteiger partial charge is 0.354 e. The molecule has 7 heteroatoms. The van der Waals surface area contributed by atoms with Crippen LogP contribution in [0.15, 0.2) is 36.5 Å². The molecule has 1 aromatic carbocycles. The first kappa shape index (κ1) is 14.1. The van der Waals surface area contributed by atoms with E-state index in [9.17, 15) is 9.59 Å². The van der Waals surface area contributed by atoms with E-state index in [2.05, 4.69) is 10.4 Å². The van der Waals surface area contributed by atoms with Crippen molar-refractivity contribution >= 4 is 23.5 Å². The molecule has 1 heterocycles. The SMILES string of the molecule is O=C(Cn1nccc1C(=O)O)NCc1ccccc1Cl. The highest BCUT2D eigenvalue weighted by Gasteiger charge is 2.13. The number of aromatic nitrogens is 2. The molecule has 0 radical (unpaired) electrons. The van der Waals surface area contributed by atoms with Crippen LogP contribution in [-0.2, 0) is 17.9 Å². The van der Waals surface area contributed by atoms with E-state index in [1.54, 1.807) is 18.2 Å². The summed E-state index contributed by atoms with van der Waals surface area (Å²) in [5.41, 5.74) is 0.763. The van der Waals surface area contributed by atoms with Crippen LogP contribution in [0, 0.1) is 0 Å². The second-order valence-corrected chi connectivity index (χ2v) is 4.45. The fourth-order valence-corrected chi connectivity index (χ4v) is 1.87. The molecule has 0 saturated heterocycles. The van der Waals surface area contributed by atoms with E-state index in [1.807, 2.05) is 6.07 Å². The van der Waals surface area contributed by atoms with Crippen molar-refractivity contribution < 1.29 is 14.7 Å². The van der Waals surface area contributed by atoms with Crippen LogP contribution in [-0.4, -0.2) is 26.8 Å². The van der Waals surface area contributed by atoms with E-state index in [1.165, 1.54) is 12.3 Å². The molecule has 0 atom stereocenters. The van der Waals surface area contributed by atoms with Gasteiger partial charge in [0.25, 0.3) is 0 Å². The summed E-state index contributed by atoms with van der Waals surface area (Å²) >= 11 is 5.97. The van der Waals surface area contributed by atoms with Gasteiger partial charge in [-0.2, -0.15) is 5.10 Å². The van der Waals surface area contributed by atoms with E-state index in [-0.39, 0.29) is 24.7 Å². The Bertz CT molecular complexity index is 639. The van der Waals surface area contributed by atoms with Gasteiger partial charge in [0.15, 0.2) is 0 Å². The number of rotatable bonds is 5. The summed E-state index contributed by atoms with van der Waals surface area (Å²) in [7, 11) is 0. The molecule has 104 valence electrons. The number of carbonyl (C=O) groups excluding carboxylic acids is 1. The highest BCUT2D eigenvalue weighted by molar-refractivity contribution is 6.31. The molecule has 1 aromatic heterocycles. The minimum absolute atomic E-state index is 0.0297. The molecule has 0 unspecified atom stereocenters. The molecule has 2 aromatic rings. The molecule has 0 aliphatic rings. The molecule has 0 fully saturated rings. The zero-order valence-electron chi connectivity index (χ0n) is 10.4. The first-order valence-electron chi connectivity index (χ1n) is 5.83. The fourth-order valence-electron chi connectivity index (χ4n) is 1.67. The average molecular weight is 294 g/mol. The van der Waals surface area contributed by atoms with Gasteiger partial charge in [0.05, 0.1) is 0 Å². The maximum Gasteiger partial charge on any atom is 0.354 e. The van der Waals surface area contributed by atoms with Crippen molar-refractivity contribution in [1.29, 1.82) is 0 Å². The van der Waals surface area contributed by atoms with Crippen molar-refractivity contribution in [3.8, 4) is 0 Å². The van der Waals surface area contributed by atoms with E-state index >= 15 is 0 Å². The minimum atomic E-state index is -1.12. The lowest BCUT2D eigenvalue weighted by Crippen LogP contribution is -2.28. The summed E-state index contributed by atoms with van der Waals surface area (Å²) in [4.78, 5) is 22.6. The Hall–Kier alpha value is -2.34. The third-order valence-corrected chi connectivity index (χ3v) is 3.03. The second-order valence-electron chi connectivity index (χ2n) is 4.05. The van der Waals surface area contributed by atoms with Crippen molar-refractivity contribution in [3.63, 3.8) is 0 Å². The molecule has 0 spiro atoms. The maximum absolute atomic E-state index is 11.8. The third-order valence-electron chi connectivity index (χ3n) is 2.66. The number of nitrogens with zero attached hydrogens (tertiary/aromatic N) is 2. The van der Waals surface area contributed by atoms with Crippen LogP contribution in [0.5, 0.6) is 0 Å². The van der Waals surface area contributed by atoms with Gasteiger partial charge in [-0.3, -0.25) is 4.79 Å². The van der Waals surface area contributed by atoms with Crippen molar-refractivity contribution in [2.75, 3.05) is 0 Å². The van der Waals surface area contributed by atoms with Gasteiger partial charge in [-0.25, -0.2) is 9.48 Å². The van der Waals surface area contributed by atoms with Gasteiger partial charge in [-0.1, -0.05) is 29.8 Å². The van der Waals surface area contributed by atoms with E-state index in [0.717, 1.165) is 10.2 Å². The van der Waals surface area contributed by atoms with Gasteiger partial charge >= 0.3 is 5.97 Å². The summed E-state index contributed by atoms with van der Waals surface area (Å²) in [5.74, 6) is -1.46. The number of aromatic carboxylic acids is 1. The van der Waals surface area contributed by atoms with E-state index in [0.29, 0.717) is 5.02 Å². The standard InChI is InChI=1S/C13H12ClN3O3/c14-10-4-2-1-3-9(10)7-15-12(18)8-17-11(13(19)20)5-6-16-17/h1-6H,7-8H2,(H,15,18)(H,19,20). The molecule has 0 aliphatic carbocycles. The van der Waals surface area contributed by atoms with Crippen LogP contribution >= 0.6 is 11.6 Å².